The van der Waals surface area contributed by atoms with Gasteiger partial charge in [-0.2, -0.15) is 5.10 Å². The van der Waals surface area contributed by atoms with Gasteiger partial charge in [-0.15, -0.1) is 0 Å². The molecule has 1 amide bonds. The number of rotatable bonds is 12. The number of phenols is 1. The molecule has 0 saturated carbocycles. The smallest absolute Gasteiger partial charge is 0.358 e. The quantitative estimate of drug-likeness (QED) is 0.0561. The third-order valence-electron chi connectivity index (χ3n) is 9.48. The molecule has 290 valence electrons. The van der Waals surface area contributed by atoms with Gasteiger partial charge >= 0.3 is 5.97 Å². The van der Waals surface area contributed by atoms with Crippen molar-refractivity contribution < 1.29 is 24.2 Å². The van der Waals surface area contributed by atoms with E-state index in [1.54, 1.807) is 34.0 Å². The highest BCUT2D eigenvalue weighted by atomic mass is 32.1. The van der Waals surface area contributed by atoms with E-state index < -0.39 is 19.6 Å². The molecule has 11 nitrogen and oxygen atoms in total. The van der Waals surface area contributed by atoms with E-state index >= 15 is 0 Å². The van der Waals surface area contributed by atoms with E-state index in [2.05, 4.69) is 35.7 Å². The number of thiazole rings is 1. The van der Waals surface area contributed by atoms with Crippen LogP contribution in [0.25, 0.3) is 21.3 Å². The summed E-state index contributed by atoms with van der Waals surface area (Å²) in [5.41, 5.74) is 5.08. The number of pyridine rings is 1. The van der Waals surface area contributed by atoms with Gasteiger partial charge in [0.2, 0.25) is 0 Å². The van der Waals surface area contributed by atoms with Crippen LogP contribution in [0.15, 0.2) is 91.3 Å². The predicted molar refractivity (Wildman–Crippen MR) is 224 cm³/mol. The van der Waals surface area contributed by atoms with Gasteiger partial charge in [-0.05, 0) is 92.4 Å². The highest BCUT2D eigenvalue weighted by Gasteiger charge is 2.30. The summed E-state index contributed by atoms with van der Waals surface area (Å²) < 4.78 is 14.8. The van der Waals surface area contributed by atoms with Crippen molar-refractivity contribution in [2.24, 2.45) is 0 Å². The lowest BCUT2D eigenvalue weighted by Crippen LogP contribution is -2.37. The minimum atomic E-state index is -1.34. The maximum Gasteiger partial charge on any atom is 0.358 e. The summed E-state index contributed by atoms with van der Waals surface area (Å²) in [6, 6.07) is 25.6. The Morgan fingerprint density at radius 3 is 2.55 bits per heavy atom. The number of nitrogens with zero attached hydrogens (tertiary/aromatic N) is 6. The van der Waals surface area contributed by atoms with E-state index in [0.717, 1.165) is 33.0 Å². The number of carbonyl (C=O) groups is 2. The molecule has 0 radical (unpaired) electrons. The number of aromatic nitrogens is 4. The molecule has 7 rings (SSSR count). The van der Waals surface area contributed by atoms with Crippen LogP contribution < -0.4 is 9.80 Å². The summed E-state index contributed by atoms with van der Waals surface area (Å²) in [7, 11) is -1.34. The number of hydrogen-bond acceptors (Lipinski definition) is 10. The zero-order valence-corrected chi connectivity index (χ0v) is 34.6. The molecular weight excluding hydrogens is 741 g/mol. The second kappa shape index (κ2) is 16.0. The molecule has 1 aliphatic heterocycles. The summed E-state index contributed by atoms with van der Waals surface area (Å²) in [5, 5.41) is 15.1. The van der Waals surface area contributed by atoms with Crippen molar-refractivity contribution >= 4 is 52.5 Å². The van der Waals surface area contributed by atoms with Crippen molar-refractivity contribution in [3.63, 3.8) is 0 Å². The van der Waals surface area contributed by atoms with Gasteiger partial charge in [-0.3, -0.25) is 14.4 Å². The third kappa shape index (κ3) is 9.18. The van der Waals surface area contributed by atoms with Crippen molar-refractivity contribution in [2.45, 2.75) is 71.6 Å². The molecule has 4 heterocycles. The predicted octanol–water partition coefficient (Wildman–Crippen LogP) is 8.79. The topological polar surface area (TPSA) is 123 Å². The Balaban J connectivity index is 1.19. The highest BCUT2D eigenvalue weighted by molar-refractivity contribution is 7.22. The number of anilines is 2. The Morgan fingerprint density at radius 2 is 1.79 bits per heavy atom. The first kappa shape index (κ1) is 38.9. The summed E-state index contributed by atoms with van der Waals surface area (Å²) >= 11 is 1.48. The van der Waals surface area contributed by atoms with Crippen LogP contribution in [0.1, 0.15) is 58.3 Å². The standard InChI is InChI=1S/C43H48N6O5SSi/c1-43(2,3)54-41(52)39-33(31-24-44-48(26-31)25-29-11-9-13-32(50)23-29)17-18-38(46-39)47-20-19-30-12-10-14-34(35(30)27-47)40(51)49(28-53-21-22-56(4,5)6)42-45-36-15-7-8-16-37(36)55-42/h7-18,23-24,26,50H,19-22,25,27-28H2,1-6H3. The average molecular weight is 789 g/mol. The van der Waals surface area contributed by atoms with E-state index in [0.29, 0.717) is 60.3 Å². The van der Waals surface area contributed by atoms with Crippen LogP contribution in [-0.4, -0.2) is 70.3 Å². The first-order valence-electron chi connectivity index (χ1n) is 18.9. The van der Waals surface area contributed by atoms with E-state index in [4.69, 9.17) is 19.4 Å². The Kier molecular flexibility index (Phi) is 11.1. The number of hydrogen-bond donors (Lipinski definition) is 1. The minimum Gasteiger partial charge on any atom is -0.508 e. The molecule has 6 aromatic rings. The van der Waals surface area contributed by atoms with E-state index in [-0.39, 0.29) is 24.1 Å². The first-order valence-corrected chi connectivity index (χ1v) is 23.4. The maximum atomic E-state index is 14.6. The van der Waals surface area contributed by atoms with Gasteiger partial charge in [0, 0.05) is 50.7 Å². The summed E-state index contributed by atoms with van der Waals surface area (Å²) in [6.45, 7) is 14.6. The van der Waals surface area contributed by atoms with Crippen LogP contribution in [0.5, 0.6) is 5.75 Å². The molecule has 0 spiro atoms. The third-order valence-corrected chi connectivity index (χ3v) is 12.2. The van der Waals surface area contributed by atoms with E-state index in [1.807, 2.05) is 81.6 Å². The number of phenolic OH excluding ortho intramolecular Hbond substituents is 1. The van der Waals surface area contributed by atoms with Crippen LogP contribution in [0.3, 0.4) is 0 Å². The highest BCUT2D eigenvalue weighted by Crippen LogP contribution is 2.34. The molecule has 1 aliphatic rings. The Bertz CT molecular complexity index is 2350. The molecule has 3 aromatic carbocycles. The lowest BCUT2D eigenvalue weighted by molar-refractivity contribution is 0.00637. The van der Waals surface area contributed by atoms with Crippen LogP contribution in [0.2, 0.25) is 25.7 Å². The Labute approximate surface area is 332 Å². The van der Waals surface area contributed by atoms with Crippen LogP contribution >= 0.6 is 11.3 Å². The van der Waals surface area contributed by atoms with Gasteiger partial charge in [-0.1, -0.05) is 67.4 Å². The monoisotopic (exact) mass is 788 g/mol. The first-order chi connectivity index (χ1) is 26.7. The lowest BCUT2D eigenvalue weighted by Gasteiger charge is -2.32. The SMILES string of the molecule is CC(C)(C)OC(=O)c1nc(N2CCc3cccc(C(=O)N(COCC[Si](C)(C)C)c4nc5ccccc5s4)c3C2)ccc1-c1cnn(Cc2cccc(O)c2)c1. The van der Waals surface area contributed by atoms with Gasteiger partial charge in [0.15, 0.2) is 10.8 Å². The molecule has 1 N–H and O–H groups in total. The molecule has 0 aliphatic carbocycles. The van der Waals surface area contributed by atoms with Crippen molar-refractivity contribution in [2.75, 3.05) is 29.7 Å². The second-order valence-electron chi connectivity index (χ2n) is 16.3. The van der Waals surface area contributed by atoms with Crippen molar-refractivity contribution in [3.8, 4) is 16.9 Å². The fourth-order valence-corrected chi connectivity index (χ4v) is 8.31. The molecule has 3 aromatic heterocycles. The zero-order chi connectivity index (χ0) is 39.6. The summed E-state index contributed by atoms with van der Waals surface area (Å²) in [4.78, 5) is 42.0. The number of fused-ring (bicyclic) bond motifs is 2. The zero-order valence-electron chi connectivity index (χ0n) is 32.8. The van der Waals surface area contributed by atoms with Crippen LogP contribution in [-0.2, 0) is 29.0 Å². The minimum absolute atomic E-state index is 0.100. The molecule has 0 atom stereocenters. The van der Waals surface area contributed by atoms with Gasteiger partial charge in [0.05, 0.1) is 23.0 Å². The molecular formula is C43H48N6O5SSi. The number of aromatic hydroxyl groups is 1. The molecule has 13 heteroatoms. The average Bonchev–Trinajstić information content (AvgIpc) is 3.80. The largest absolute Gasteiger partial charge is 0.508 e. The number of esters is 1. The second-order valence-corrected chi connectivity index (χ2v) is 23.0. The van der Waals surface area contributed by atoms with Crippen LogP contribution in [0.4, 0.5) is 10.9 Å². The van der Waals surface area contributed by atoms with Crippen LogP contribution in [0, 0.1) is 0 Å². The molecule has 0 saturated heterocycles. The van der Waals surface area contributed by atoms with Gasteiger partial charge in [0.1, 0.15) is 23.9 Å². The molecule has 0 unspecified atom stereocenters. The van der Waals surface area contributed by atoms with Gasteiger partial charge in [0.25, 0.3) is 5.91 Å². The molecule has 56 heavy (non-hydrogen) atoms. The van der Waals surface area contributed by atoms with E-state index in [1.165, 1.54) is 11.3 Å². The van der Waals surface area contributed by atoms with Crippen molar-refractivity contribution in [3.05, 3.63) is 119 Å². The molecule has 0 fully saturated rings. The fraction of sp³-hybridized carbons (Fsp3) is 0.326. The summed E-state index contributed by atoms with van der Waals surface area (Å²) in [6.07, 6.45) is 4.25. The number of amides is 1. The Hall–Kier alpha value is -5.37. The fourth-order valence-electron chi connectivity index (χ4n) is 6.60. The maximum absolute atomic E-state index is 14.6. The van der Waals surface area contributed by atoms with Gasteiger partial charge in [-0.25, -0.2) is 14.8 Å². The molecule has 0 bridgehead atoms. The summed E-state index contributed by atoms with van der Waals surface area (Å²) in [5.74, 6) is 0.0821. The normalized spacial score (nSPS) is 13.1. The lowest BCUT2D eigenvalue weighted by atomic mass is 9.94. The number of carbonyl (C=O) groups excluding carboxylic acids is 2. The Morgan fingerprint density at radius 1 is 0.982 bits per heavy atom. The van der Waals surface area contributed by atoms with Crippen molar-refractivity contribution in [1.29, 1.82) is 0 Å². The van der Waals surface area contributed by atoms with E-state index in [9.17, 15) is 14.7 Å². The number of ether oxygens (including phenoxy) is 2. The number of benzene rings is 3. The van der Waals surface area contributed by atoms with Gasteiger partial charge < -0.3 is 19.5 Å². The number of para-hydroxylation sites is 1. The van der Waals surface area contributed by atoms with Crippen molar-refractivity contribution in [1.82, 2.24) is 19.7 Å².